The minimum Gasteiger partial charge on any atom is -0.778 e. The van der Waals surface area contributed by atoms with E-state index in [4.69, 9.17) is 40.7 Å². The average molecular weight is 516 g/mol. The van der Waals surface area contributed by atoms with Crippen molar-refractivity contribution in [3.63, 3.8) is 0 Å². The summed E-state index contributed by atoms with van der Waals surface area (Å²) >= 11 is 14.8. The first-order chi connectivity index (χ1) is 7.94. The van der Waals surface area contributed by atoms with Crippen LogP contribution in [0.2, 0.25) is 0 Å². The van der Waals surface area contributed by atoms with E-state index in [1.54, 1.807) is 0 Å². The van der Waals surface area contributed by atoms with Gasteiger partial charge in [0.05, 0.1) is 0 Å². The first-order valence-corrected chi connectivity index (χ1v) is 12.2. The quantitative estimate of drug-likeness (QED) is 0.404. The maximum atomic E-state index is 5.81. The maximum Gasteiger partial charge on any atom is 0.0268 e. The first kappa shape index (κ1) is 50.1. The van der Waals surface area contributed by atoms with Crippen molar-refractivity contribution >= 4 is 62.8 Å². The van der Waals surface area contributed by atoms with E-state index < -0.39 is 0 Å². The molecule has 2 N–H and O–H groups in total. The number of hydrogen-bond acceptors (Lipinski definition) is 4. The van der Waals surface area contributed by atoms with Crippen molar-refractivity contribution in [3.05, 3.63) is 5.75 Å². The number of nitrogens with two attached hydrogens (primary N) is 1. The van der Waals surface area contributed by atoms with Crippen molar-refractivity contribution in [2.75, 3.05) is 6.26 Å². The van der Waals surface area contributed by atoms with Gasteiger partial charge in [0.25, 0.3) is 0 Å². The third-order valence-corrected chi connectivity index (χ3v) is 9.93. The van der Waals surface area contributed by atoms with Gasteiger partial charge in [-0.05, 0) is 23.9 Å². The Bertz CT molecular complexity index is 274. The van der Waals surface area contributed by atoms with E-state index >= 15 is 0 Å². The van der Waals surface area contributed by atoms with Crippen LogP contribution in [0.5, 0.6) is 0 Å². The smallest absolute Gasteiger partial charge is 0.0268 e. The molecular formula is C14H39NS6V2-2. The second-order valence-corrected chi connectivity index (χ2v) is 11.8. The topological polar surface area (TPSA) is 26.0 Å². The summed E-state index contributed by atoms with van der Waals surface area (Å²) in [6, 6.07) is 0. The second-order valence-electron chi connectivity index (χ2n) is 3.25. The van der Waals surface area contributed by atoms with Crippen molar-refractivity contribution in [1.82, 2.24) is 0 Å². The van der Waals surface area contributed by atoms with Crippen LogP contribution in [0.1, 0.15) is 69.7 Å². The van der Waals surface area contributed by atoms with Crippen molar-refractivity contribution in [1.29, 1.82) is 0 Å². The molecule has 0 aromatic heterocycles. The predicted molar refractivity (Wildman–Crippen MR) is 124 cm³/mol. The van der Waals surface area contributed by atoms with Crippen molar-refractivity contribution in [2.45, 2.75) is 79.7 Å². The zero-order chi connectivity index (χ0) is 13.8. The fourth-order valence-corrected chi connectivity index (χ4v) is 5.40. The monoisotopic (exact) mass is 515 g/mol. The molecule has 0 spiro atoms. The van der Waals surface area contributed by atoms with E-state index in [9.17, 15) is 0 Å². The van der Waals surface area contributed by atoms with Crippen LogP contribution in [0.15, 0.2) is 0 Å². The standard InChI is InChI=1S/C6H14NS3.C4H10S3.4CH4.2V/c1-3-5-10(9-8)6(7)4-2;1-3-4(5)7(2)6;;;;;;/h5-6H,3-4,7H2,1-2H3;4-5H,3H2,1-2H3;4*1H4;;/q-1;;;;;;;/p-1. The Balaban J connectivity index is -0.0000000267. The van der Waals surface area contributed by atoms with E-state index in [0.717, 1.165) is 19.3 Å². The summed E-state index contributed by atoms with van der Waals surface area (Å²) in [5, 5.41) is 0.266. The van der Waals surface area contributed by atoms with Crippen LogP contribution >= 0.6 is 0 Å². The average Bonchev–Trinajstić information content (AvgIpc) is 2.34. The van der Waals surface area contributed by atoms with Crippen LogP contribution < -0.4 is 5.73 Å². The zero-order valence-electron chi connectivity index (χ0n) is 11.8. The molecule has 1 nitrogen and oxygen atoms in total. The molecule has 0 amide bonds. The van der Waals surface area contributed by atoms with Gasteiger partial charge in [-0.2, -0.15) is 6.42 Å². The minimum absolute atomic E-state index is 0. The Morgan fingerprint density at radius 3 is 1.61 bits per heavy atom. The molecule has 0 aromatic carbocycles. The van der Waals surface area contributed by atoms with Gasteiger partial charge >= 0.3 is 0 Å². The molecule has 4 unspecified atom stereocenters. The SMILES string of the molecule is C.C.C.C.CCC([S-])S(C)=S.CC[CH-]S(=S=S)C(N)CC.[V].[V]. The molecule has 0 rings (SSSR count). The van der Waals surface area contributed by atoms with Gasteiger partial charge in [0, 0.05) is 42.5 Å². The summed E-state index contributed by atoms with van der Waals surface area (Å²) in [6.07, 6.45) is 5.14. The van der Waals surface area contributed by atoms with Crippen LogP contribution in [-0.4, -0.2) is 16.2 Å². The molecule has 23 heavy (non-hydrogen) atoms. The predicted octanol–water partition coefficient (Wildman–Crippen LogP) is 4.85. The van der Waals surface area contributed by atoms with Gasteiger partial charge in [-0.25, -0.2) is 0 Å². The second kappa shape index (κ2) is 35.9. The molecule has 0 aliphatic carbocycles. The van der Waals surface area contributed by atoms with Crippen LogP contribution in [0, 0.1) is 5.75 Å². The summed E-state index contributed by atoms with van der Waals surface area (Å²) in [5.41, 5.74) is 5.81. The number of rotatable bonds is 6. The minimum atomic E-state index is 0. The molecule has 0 aliphatic heterocycles. The normalized spacial score (nSPS) is 12.8. The fraction of sp³-hybridized carbons (Fsp3) is 0.929. The molecular weight excluding hydrogens is 476 g/mol. The van der Waals surface area contributed by atoms with Crippen molar-refractivity contribution in [3.8, 4) is 0 Å². The molecule has 0 aliphatic rings. The van der Waals surface area contributed by atoms with E-state index in [0.29, 0.717) is 4.58 Å². The van der Waals surface area contributed by atoms with E-state index in [1.165, 1.54) is 8.88 Å². The Kier molecular flexibility index (Phi) is 78.1. The van der Waals surface area contributed by atoms with Gasteiger partial charge in [0.15, 0.2) is 0 Å². The van der Waals surface area contributed by atoms with E-state index in [1.807, 2.05) is 6.26 Å². The summed E-state index contributed by atoms with van der Waals surface area (Å²) in [5.74, 6) is 2.21. The summed E-state index contributed by atoms with van der Waals surface area (Å²) in [6.45, 7) is 6.29. The molecule has 0 bridgehead atoms. The third-order valence-electron chi connectivity index (χ3n) is 1.81. The molecule has 2 radical (unpaired) electrons. The summed E-state index contributed by atoms with van der Waals surface area (Å²) in [7, 11) is 1.60. The van der Waals surface area contributed by atoms with Gasteiger partial charge in [0.1, 0.15) is 0 Å². The molecule has 9 heteroatoms. The van der Waals surface area contributed by atoms with Crippen LogP contribution in [0.4, 0.5) is 0 Å². The molecule has 0 heterocycles. The fourth-order valence-electron chi connectivity index (χ4n) is 0.765. The van der Waals surface area contributed by atoms with E-state index in [-0.39, 0.29) is 91.1 Å². The molecule has 0 saturated heterocycles. The Labute approximate surface area is 195 Å². The van der Waals surface area contributed by atoms with E-state index in [2.05, 4.69) is 26.5 Å². The van der Waals surface area contributed by atoms with Gasteiger partial charge in [-0.3, -0.25) is 15.2 Å². The first-order valence-electron chi connectivity index (χ1n) is 5.53. The Hall–Kier alpha value is 2.84. The third kappa shape index (κ3) is 32.9. The maximum absolute atomic E-state index is 5.81. The van der Waals surface area contributed by atoms with Crippen LogP contribution in [-0.2, 0) is 99.9 Å². The Morgan fingerprint density at radius 1 is 1.09 bits per heavy atom. The van der Waals surface area contributed by atoms with Crippen LogP contribution in [0.25, 0.3) is 0 Å². The van der Waals surface area contributed by atoms with Gasteiger partial charge in [-0.1, -0.05) is 77.0 Å². The molecule has 0 saturated carbocycles. The van der Waals surface area contributed by atoms with Gasteiger partial charge in [0.2, 0.25) is 0 Å². The Morgan fingerprint density at radius 2 is 1.48 bits per heavy atom. The van der Waals surface area contributed by atoms with Gasteiger partial charge < -0.3 is 18.4 Å². The summed E-state index contributed by atoms with van der Waals surface area (Å²) < 4.78 is 0.329. The number of hydrogen-bond donors (Lipinski definition) is 1. The van der Waals surface area contributed by atoms with Crippen LogP contribution in [0.3, 0.4) is 0 Å². The molecule has 4 atom stereocenters. The van der Waals surface area contributed by atoms with Crippen molar-refractivity contribution < 1.29 is 37.1 Å². The van der Waals surface area contributed by atoms with Crippen molar-refractivity contribution in [2.24, 2.45) is 5.73 Å². The zero-order valence-corrected chi connectivity index (χ0v) is 19.5. The molecule has 0 fully saturated rings. The largest absolute Gasteiger partial charge is 0.778 e. The molecule has 148 valence electrons. The molecule has 0 aromatic rings. The van der Waals surface area contributed by atoms with Gasteiger partial charge in [-0.15, -0.1) is 14.0 Å². The summed E-state index contributed by atoms with van der Waals surface area (Å²) in [4.78, 5) is 0.